The maximum Gasteiger partial charge on any atom is 0.296 e. The number of rotatable bonds is 3. The van der Waals surface area contributed by atoms with Gasteiger partial charge in [0.2, 0.25) is 5.95 Å². The van der Waals surface area contributed by atoms with Crippen molar-refractivity contribution in [1.82, 2.24) is 15.2 Å². The van der Waals surface area contributed by atoms with Crippen LogP contribution in [0.4, 0.5) is 10.3 Å². The molecule has 0 saturated carbocycles. The Hall–Kier alpha value is -3.03. The summed E-state index contributed by atoms with van der Waals surface area (Å²) >= 11 is 0. The Labute approximate surface area is 124 Å². The molecule has 22 heavy (non-hydrogen) atoms. The number of halogens is 1. The van der Waals surface area contributed by atoms with Crippen LogP contribution in [0.1, 0.15) is 18.5 Å². The third-order valence-electron chi connectivity index (χ3n) is 3.42. The summed E-state index contributed by atoms with van der Waals surface area (Å²) in [5, 5.41) is 16.1. The summed E-state index contributed by atoms with van der Waals surface area (Å²) in [5.74, 6) is -2.66. The van der Waals surface area contributed by atoms with Gasteiger partial charge >= 0.3 is 0 Å². The Balaban J connectivity index is 2.22. The first-order valence-electron chi connectivity index (χ1n) is 6.39. The van der Waals surface area contributed by atoms with Crippen LogP contribution in [-0.2, 0) is 9.59 Å². The van der Waals surface area contributed by atoms with Gasteiger partial charge in [-0.15, -0.1) is 0 Å². The summed E-state index contributed by atoms with van der Waals surface area (Å²) in [6.45, 7) is 1.20. The normalized spacial score (nSPS) is 18.2. The Kier molecular flexibility index (Phi) is 3.21. The fourth-order valence-electron chi connectivity index (χ4n) is 2.49. The van der Waals surface area contributed by atoms with Crippen LogP contribution in [0.2, 0.25) is 0 Å². The minimum Gasteiger partial charge on any atom is -0.503 e. The predicted molar refractivity (Wildman–Crippen MR) is 73.3 cm³/mol. The summed E-state index contributed by atoms with van der Waals surface area (Å²) in [7, 11) is 0. The summed E-state index contributed by atoms with van der Waals surface area (Å²) in [4.78, 5) is 29.0. The summed E-state index contributed by atoms with van der Waals surface area (Å²) in [5.41, 5.74) is -0.0898. The fraction of sp³-hybridized carbons (Fsp3) is 0.143. The minimum absolute atomic E-state index is 0.0149. The number of carbonyl (C=O) groups is 2. The van der Waals surface area contributed by atoms with Gasteiger partial charge in [-0.1, -0.05) is 18.2 Å². The number of carbonyl (C=O) groups excluding carboxylic acids is 2. The lowest BCUT2D eigenvalue weighted by molar-refractivity contribution is -0.117. The van der Waals surface area contributed by atoms with E-state index in [1.54, 1.807) is 6.07 Å². The number of aliphatic hydroxyl groups is 1. The molecular weight excluding hydrogens is 291 g/mol. The first-order chi connectivity index (χ1) is 10.5. The van der Waals surface area contributed by atoms with Gasteiger partial charge < -0.3 is 5.11 Å². The number of anilines is 1. The van der Waals surface area contributed by atoms with Crippen LogP contribution in [0, 0.1) is 5.82 Å². The van der Waals surface area contributed by atoms with E-state index in [9.17, 15) is 19.1 Å². The number of nitrogens with zero attached hydrogens (tertiary/aromatic N) is 3. The third kappa shape index (κ3) is 1.96. The second-order valence-electron chi connectivity index (χ2n) is 4.73. The smallest absolute Gasteiger partial charge is 0.296 e. The van der Waals surface area contributed by atoms with Crippen LogP contribution < -0.4 is 4.90 Å². The maximum absolute atomic E-state index is 14.1. The molecule has 7 nitrogen and oxygen atoms in total. The minimum atomic E-state index is -1.10. The molecule has 2 aromatic rings. The number of aromatic amines is 1. The van der Waals surface area contributed by atoms with Crippen molar-refractivity contribution in [3.05, 3.63) is 53.3 Å². The zero-order chi connectivity index (χ0) is 15.9. The summed E-state index contributed by atoms with van der Waals surface area (Å²) < 4.78 is 14.1. The number of aromatic nitrogens is 3. The van der Waals surface area contributed by atoms with E-state index in [1.165, 1.54) is 31.5 Å². The number of ketones is 1. The molecule has 1 aromatic carbocycles. The number of nitrogens with one attached hydrogen (secondary N) is 1. The standard InChI is InChI=1S/C14H11FN4O3/c1-7(20)10-11(8-4-2-3-5-9(8)15)19(13(22)12(10)21)14-16-6-17-18-14/h2-6,11,21H,1H3,(H,16,17,18). The van der Waals surface area contributed by atoms with Gasteiger partial charge in [-0.2, -0.15) is 10.1 Å². The first-order valence-corrected chi connectivity index (χ1v) is 6.39. The van der Waals surface area contributed by atoms with Gasteiger partial charge in [-0.25, -0.2) is 9.49 Å². The van der Waals surface area contributed by atoms with Crippen LogP contribution >= 0.6 is 0 Å². The average molecular weight is 302 g/mol. The van der Waals surface area contributed by atoms with E-state index in [1.807, 2.05) is 0 Å². The molecule has 3 rings (SSSR count). The molecule has 8 heteroatoms. The van der Waals surface area contributed by atoms with Crippen molar-refractivity contribution in [1.29, 1.82) is 0 Å². The fourth-order valence-corrected chi connectivity index (χ4v) is 2.49. The molecule has 0 aliphatic carbocycles. The van der Waals surface area contributed by atoms with Crippen molar-refractivity contribution < 1.29 is 19.1 Å². The van der Waals surface area contributed by atoms with Gasteiger partial charge in [0, 0.05) is 5.56 Å². The lowest BCUT2D eigenvalue weighted by Gasteiger charge is -2.24. The molecular formula is C14H11FN4O3. The molecule has 1 unspecified atom stereocenters. The number of aliphatic hydroxyl groups excluding tert-OH is 1. The molecule has 0 fully saturated rings. The zero-order valence-corrected chi connectivity index (χ0v) is 11.4. The number of H-pyrrole nitrogens is 1. The number of benzene rings is 1. The van der Waals surface area contributed by atoms with E-state index < -0.39 is 29.3 Å². The molecule has 0 bridgehead atoms. The van der Waals surface area contributed by atoms with E-state index >= 15 is 0 Å². The van der Waals surface area contributed by atoms with Gasteiger partial charge in [0.25, 0.3) is 5.91 Å². The molecule has 1 aromatic heterocycles. The van der Waals surface area contributed by atoms with Crippen LogP contribution in [0.25, 0.3) is 0 Å². The van der Waals surface area contributed by atoms with Crippen LogP contribution in [0.15, 0.2) is 41.9 Å². The molecule has 2 heterocycles. The molecule has 2 N–H and O–H groups in total. The highest BCUT2D eigenvalue weighted by Crippen LogP contribution is 2.40. The second kappa shape index (κ2) is 5.06. The van der Waals surface area contributed by atoms with Crippen molar-refractivity contribution in [3.63, 3.8) is 0 Å². The van der Waals surface area contributed by atoms with Gasteiger partial charge in [0.15, 0.2) is 11.5 Å². The molecule has 1 amide bonds. The van der Waals surface area contributed by atoms with Gasteiger partial charge in [0.05, 0.1) is 5.57 Å². The quantitative estimate of drug-likeness (QED) is 0.893. The SMILES string of the molecule is CC(=O)C1=C(O)C(=O)N(c2ncn[nH]2)C1c1ccccc1F. The van der Waals surface area contributed by atoms with E-state index in [0.717, 1.165) is 4.90 Å². The van der Waals surface area contributed by atoms with Crippen molar-refractivity contribution >= 4 is 17.6 Å². The second-order valence-corrected chi connectivity index (χ2v) is 4.73. The number of Topliss-reactive ketones (excluding diaryl/α,β-unsaturated/α-hetero) is 1. The van der Waals surface area contributed by atoms with E-state index in [0.29, 0.717) is 0 Å². The number of amides is 1. The highest BCUT2D eigenvalue weighted by atomic mass is 19.1. The van der Waals surface area contributed by atoms with Crippen LogP contribution in [0.3, 0.4) is 0 Å². The average Bonchev–Trinajstić information content (AvgIpc) is 3.07. The van der Waals surface area contributed by atoms with E-state index in [4.69, 9.17) is 0 Å². The van der Waals surface area contributed by atoms with Crippen LogP contribution in [-0.4, -0.2) is 32.0 Å². The highest BCUT2D eigenvalue weighted by Gasteiger charge is 2.45. The Morgan fingerprint density at radius 1 is 1.41 bits per heavy atom. The zero-order valence-electron chi connectivity index (χ0n) is 11.4. The number of hydrogen-bond donors (Lipinski definition) is 2. The van der Waals surface area contributed by atoms with Crippen molar-refractivity contribution in [2.45, 2.75) is 13.0 Å². The molecule has 0 saturated heterocycles. The monoisotopic (exact) mass is 302 g/mol. The van der Waals surface area contributed by atoms with Gasteiger partial charge in [-0.05, 0) is 13.0 Å². The van der Waals surface area contributed by atoms with Crippen molar-refractivity contribution in [3.8, 4) is 0 Å². The third-order valence-corrected chi connectivity index (χ3v) is 3.42. The predicted octanol–water partition coefficient (Wildman–Crippen LogP) is 1.43. The summed E-state index contributed by atoms with van der Waals surface area (Å²) in [6.07, 6.45) is 1.17. The lowest BCUT2D eigenvalue weighted by atomic mass is 9.96. The number of hydrogen-bond acceptors (Lipinski definition) is 5. The maximum atomic E-state index is 14.1. The highest BCUT2D eigenvalue weighted by molar-refractivity contribution is 6.15. The molecule has 112 valence electrons. The van der Waals surface area contributed by atoms with Gasteiger partial charge in [-0.3, -0.25) is 14.5 Å². The van der Waals surface area contributed by atoms with E-state index in [-0.39, 0.29) is 17.1 Å². The lowest BCUT2D eigenvalue weighted by Crippen LogP contribution is -2.32. The Morgan fingerprint density at radius 3 is 2.73 bits per heavy atom. The van der Waals surface area contributed by atoms with Crippen LogP contribution in [0.5, 0.6) is 0 Å². The first kappa shape index (κ1) is 13.9. The van der Waals surface area contributed by atoms with Crippen molar-refractivity contribution in [2.24, 2.45) is 0 Å². The van der Waals surface area contributed by atoms with Gasteiger partial charge in [0.1, 0.15) is 18.2 Å². The molecule has 1 atom stereocenters. The molecule has 0 radical (unpaired) electrons. The largest absolute Gasteiger partial charge is 0.503 e. The molecule has 1 aliphatic heterocycles. The Morgan fingerprint density at radius 2 is 2.14 bits per heavy atom. The topological polar surface area (TPSA) is 99.2 Å². The summed E-state index contributed by atoms with van der Waals surface area (Å²) in [6, 6.07) is 4.63. The molecule has 0 spiro atoms. The molecule has 1 aliphatic rings. The van der Waals surface area contributed by atoms with Crippen molar-refractivity contribution in [2.75, 3.05) is 4.90 Å². The van der Waals surface area contributed by atoms with E-state index in [2.05, 4.69) is 15.2 Å². The Bertz CT molecular complexity index is 785.